The van der Waals surface area contributed by atoms with E-state index in [1.165, 1.54) is 19.1 Å². The summed E-state index contributed by atoms with van der Waals surface area (Å²) in [6.07, 6.45) is 0. The maximum atomic E-state index is 13.5. The number of carbonyl (C=O) groups excluding carboxylic acids is 1. The Morgan fingerprint density at radius 1 is 1.33 bits per heavy atom. The van der Waals surface area contributed by atoms with Crippen LogP contribution in [0.3, 0.4) is 0 Å². The predicted octanol–water partition coefficient (Wildman–Crippen LogP) is 2.78. The van der Waals surface area contributed by atoms with E-state index < -0.39 is 11.6 Å². The standard InChI is InChI=1S/C12H9F2NO2S2.CH4.H2O/c1-6(16)11-5-9(15-17)12(19-11)18-10-3-2-7(13)4-8(10)14;;/h2-5,15,17H,1H3;1H4;1H2/p+1. The first kappa shape index (κ1) is 19.7. The van der Waals surface area contributed by atoms with Gasteiger partial charge in [-0.3, -0.25) is 4.79 Å². The molecule has 8 heteroatoms. The highest BCUT2D eigenvalue weighted by Gasteiger charge is 2.17. The topological polar surface area (TPSA) is 85.4 Å². The Bertz CT molecular complexity index is 632. The largest absolute Gasteiger partial charge is 0.412 e. The predicted molar refractivity (Wildman–Crippen MR) is 78.5 cm³/mol. The van der Waals surface area contributed by atoms with Gasteiger partial charge < -0.3 is 5.48 Å². The lowest BCUT2D eigenvalue weighted by molar-refractivity contribution is -0.827. The van der Waals surface area contributed by atoms with Crippen molar-refractivity contribution >= 4 is 34.6 Å². The second-order valence-electron chi connectivity index (χ2n) is 3.72. The van der Waals surface area contributed by atoms with Gasteiger partial charge in [0.25, 0.3) is 0 Å². The second kappa shape index (κ2) is 8.20. The minimum absolute atomic E-state index is 0. The average Bonchev–Trinajstić information content (AvgIpc) is 2.76. The van der Waals surface area contributed by atoms with Crippen LogP contribution < -0.4 is 5.48 Å². The summed E-state index contributed by atoms with van der Waals surface area (Å²) >= 11 is 2.21. The first-order valence-electron chi connectivity index (χ1n) is 5.26. The zero-order valence-corrected chi connectivity index (χ0v) is 11.9. The van der Waals surface area contributed by atoms with Crippen LogP contribution in [0.15, 0.2) is 33.4 Å². The third-order valence-electron chi connectivity index (χ3n) is 2.31. The number of halogens is 2. The Hall–Kier alpha value is -1.32. The third-order valence-corrected chi connectivity index (χ3v) is 4.83. The molecule has 0 aliphatic carbocycles. The summed E-state index contributed by atoms with van der Waals surface area (Å²) in [7, 11) is 0. The lowest BCUT2D eigenvalue weighted by atomic mass is 10.3. The molecule has 0 amide bonds. The van der Waals surface area contributed by atoms with Crippen molar-refractivity contribution in [1.29, 1.82) is 0 Å². The van der Waals surface area contributed by atoms with Gasteiger partial charge in [-0.1, -0.05) is 19.2 Å². The molecule has 2 aromatic rings. The Labute approximate surface area is 129 Å². The number of hydrogen-bond acceptors (Lipinski definition) is 4. The lowest BCUT2D eigenvalue weighted by Crippen LogP contribution is -2.73. The summed E-state index contributed by atoms with van der Waals surface area (Å²) in [6.45, 7) is 1.42. The van der Waals surface area contributed by atoms with Crippen molar-refractivity contribution in [2.24, 2.45) is 0 Å². The number of nitrogens with two attached hydrogens (primary N) is 1. The van der Waals surface area contributed by atoms with Gasteiger partial charge in [0.2, 0.25) is 0 Å². The fraction of sp³-hybridized carbons (Fsp3) is 0.154. The van der Waals surface area contributed by atoms with E-state index in [0.29, 0.717) is 14.8 Å². The summed E-state index contributed by atoms with van der Waals surface area (Å²) in [6, 6.07) is 4.82. The fourth-order valence-corrected chi connectivity index (χ4v) is 3.58. The van der Waals surface area contributed by atoms with E-state index in [2.05, 4.69) is 0 Å². The van der Waals surface area contributed by atoms with E-state index in [9.17, 15) is 13.6 Å². The summed E-state index contributed by atoms with van der Waals surface area (Å²) < 4.78 is 26.9. The highest BCUT2D eigenvalue weighted by Crippen LogP contribution is 2.39. The minimum atomic E-state index is -0.674. The van der Waals surface area contributed by atoms with Crippen molar-refractivity contribution in [3.05, 3.63) is 40.8 Å². The highest BCUT2D eigenvalue weighted by molar-refractivity contribution is 8.01. The van der Waals surface area contributed by atoms with Gasteiger partial charge in [-0.2, -0.15) is 5.48 Å². The van der Waals surface area contributed by atoms with Crippen LogP contribution in [0.1, 0.15) is 24.0 Å². The number of carbonyl (C=O) groups is 1. The number of rotatable bonds is 4. The Balaban J connectivity index is 0.00000200. The van der Waals surface area contributed by atoms with E-state index >= 15 is 0 Å². The van der Waals surface area contributed by atoms with Gasteiger partial charge in [-0.15, -0.1) is 11.3 Å². The number of ketones is 1. The summed E-state index contributed by atoms with van der Waals surface area (Å²) in [5, 5.41) is 9.11. The minimum Gasteiger partial charge on any atom is -0.412 e. The van der Waals surface area contributed by atoms with Crippen molar-refractivity contribution < 1.29 is 29.7 Å². The maximum Gasteiger partial charge on any atom is 0.187 e. The van der Waals surface area contributed by atoms with Crippen LogP contribution in [-0.4, -0.2) is 16.5 Å². The van der Waals surface area contributed by atoms with Crippen LogP contribution in [0.25, 0.3) is 0 Å². The molecule has 0 saturated carbocycles. The summed E-state index contributed by atoms with van der Waals surface area (Å²) in [5.41, 5.74) is 1.32. The molecule has 1 aromatic heterocycles. The molecule has 116 valence electrons. The molecule has 0 atom stereocenters. The quantitative estimate of drug-likeness (QED) is 0.665. The van der Waals surface area contributed by atoms with Gasteiger partial charge in [0.15, 0.2) is 11.5 Å². The monoisotopic (exact) mass is 336 g/mol. The molecule has 0 bridgehead atoms. The smallest absolute Gasteiger partial charge is 0.187 e. The number of benzene rings is 1. The molecule has 0 aliphatic heterocycles. The fourth-order valence-electron chi connectivity index (χ4n) is 1.39. The lowest BCUT2D eigenvalue weighted by Gasteiger charge is -2.01. The third kappa shape index (κ3) is 4.58. The first-order chi connectivity index (χ1) is 9.01. The zero-order valence-electron chi connectivity index (χ0n) is 10.3. The molecule has 5 N–H and O–H groups in total. The molecule has 1 aromatic carbocycles. The van der Waals surface area contributed by atoms with Gasteiger partial charge in [0.05, 0.1) is 4.88 Å². The molecule has 1 heterocycles. The number of thiophene rings is 1. The van der Waals surface area contributed by atoms with Crippen molar-refractivity contribution in [2.75, 3.05) is 0 Å². The van der Waals surface area contributed by atoms with E-state index in [1.54, 1.807) is 0 Å². The normalized spacial score (nSPS) is 9.71. The van der Waals surface area contributed by atoms with Gasteiger partial charge in [-0.05, 0) is 19.1 Å². The molecule has 21 heavy (non-hydrogen) atoms. The van der Waals surface area contributed by atoms with Crippen LogP contribution >= 0.6 is 23.1 Å². The Morgan fingerprint density at radius 2 is 2.00 bits per heavy atom. The average molecular weight is 336 g/mol. The molecule has 2 rings (SSSR count). The highest BCUT2D eigenvalue weighted by atomic mass is 32.2. The molecule has 0 fully saturated rings. The van der Waals surface area contributed by atoms with Gasteiger partial charge in [-0.25, -0.2) is 14.0 Å². The number of Topliss-reactive ketones (excluding diaryl/α,β-unsaturated/α-hetero) is 1. The van der Waals surface area contributed by atoms with Crippen LogP contribution in [0.4, 0.5) is 14.5 Å². The van der Waals surface area contributed by atoms with Crippen LogP contribution in [0, 0.1) is 11.6 Å². The summed E-state index contributed by atoms with van der Waals surface area (Å²) in [4.78, 5) is 12.0. The van der Waals surface area contributed by atoms with E-state index in [0.717, 1.165) is 40.7 Å². The molecule has 4 nitrogen and oxygen atoms in total. The van der Waals surface area contributed by atoms with Crippen LogP contribution in [0.5, 0.6) is 0 Å². The van der Waals surface area contributed by atoms with Crippen molar-refractivity contribution in [2.45, 2.75) is 23.5 Å². The zero-order chi connectivity index (χ0) is 14.0. The Kier molecular flexibility index (Phi) is 7.69. The van der Waals surface area contributed by atoms with Crippen molar-refractivity contribution in [1.82, 2.24) is 0 Å². The molecular formula is C13H16F2NO3S2+. The SMILES string of the molecule is C.CC(=O)c1cc([NH2+]O)c(Sc2ccc(F)cc2F)s1.O. The van der Waals surface area contributed by atoms with Crippen molar-refractivity contribution in [3.8, 4) is 0 Å². The van der Waals surface area contributed by atoms with Crippen LogP contribution in [0.2, 0.25) is 0 Å². The van der Waals surface area contributed by atoms with E-state index in [4.69, 9.17) is 5.21 Å². The van der Waals surface area contributed by atoms with Gasteiger partial charge in [0, 0.05) is 17.0 Å². The van der Waals surface area contributed by atoms with E-state index in [1.807, 2.05) is 0 Å². The molecule has 0 spiro atoms. The van der Waals surface area contributed by atoms with E-state index in [-0.39, 0.29) is 23.6 Å². The first-order valence-corrected chi connectivity index (χ1v) is 6.89. The molecule has 0 aliphatic rings. The van der Waals surface area contributed by atoms with Crippen molar-refractivity contribution in [3.63, 3.8) is 0 Å². The Morgan fingerprint density at radius 3 is 2.52 bits per heavy atom. The number of hydrogen-bond donors (Lipinski definition) is 2. The second-order valence-corrected chi connectivity index (χ2v) is 6.08. The number of quaternary nitrogens is 1. The maximum absolute atomic E-state index is 13.5. The summed E-state index contributed by atoms with van der Waals surface area (Å²) in [5.74, 6) is -1.45. The molecule has 0 unspecified atom stereocenters. The van der Waals surface area contributed by atoms with Gasteiger partial charge in [0.1, 0.15) is 15.8 Å². The van der Waals surface area contributed by atoms with Crippen LogP contribution in [-0.2, 0) is 0 Å². The molecule has 0 radical (unpaired) electrons. The molecule has 0 saturated heterocycles. The molecular weight excluding hydrogens is 320 g/mol. The van der Waals surface area contributed by atoms with Gasteiger partial charge >= 0.3 is 0 Å².